The van der Waals surface area contributed by atoms with E-state index in [0.717, 1.165) is 33.1 Å². The second-order valence-corrected chi connectivity index (χ2v) is 12.5. The fraction of sp³-hybridized carbons (Fsp3) is 0. The van der Waals surface area contributed by atoms with Gasteiger partial charge in [0.2, 0.25) is 5.95 Å². The van der Waals surface area contributed by atoms with Crippen molar-refractivity contribution in [3.05, 3.63) is 170 Å². The van der Waals surface area contributed by atoms with Gasteiger partial charge in [-0.15, -0.1) is 0 Å². The first-order valence-corrected chi connectivity index (χ1v) is 16.5. The third-order valence-corrected chi connectivity index (χ3v) is 9.61. The Balaban J connectivity index is 1.33. The van der Waals surface area contributed by atoms with Crippen molar-refractivity contribution in [2.75, 3.05) is 0 Å². The maximum atomic E-state index is 5.28. The van der Waals surface area contributed by atoms with Gasteiger partial charge in [-0.1, -0.05) is 158 Å². The number of aromatic nitrogens is 4. The van der Waals surface area contributed by atoms with Gasteiger partial charge in [0.1, 0.15) is 0 Å². The largest absolute Gasteiger partial charge is 0.277 e. The van der Waals surface area contributed by atoms with E-state index in [9.17, 15) is 0 Å². The van der Waals surface area contributed by atoms with Gasteiger partial charge in [0.05, 0.1) is 11.0 Å². The molecule has 0 bridgehead atoms. The van der Waals surface area contributed by atoms with Crippen molar-refractivity contribution in [3.8, 4) is 39.9 Å². The van der Waals surface area contributed by atoms with Crippen molar-refractivity contribution >= 4 is 54.1 Å². The number of nitrogens with zero attached hydrogens (tertiary/aromatic N) is 4. The third-order valence-electron chi connectivity index (χ3n) is 9.61. The smallest absolute Gasteiger partial charge is 0.238 e. The molecule has 228 valence electrons. The summed E-state index contributed by atoms with van der Waals surface area (Å²) in [5.41, 5.74) is 6.35. The molecule has 10 aromatic rings. The normalized spacial score (nSPS) is 11.7. The van der Waals surface area contributed by atoms with Gasteiger partial charge >= 0.3 is 0 Å². The molecule has 0 saturated carbocycles. The van der Waals surface area contributed by atoms with Crippen molar-refractivity contribution < 1.29 is 0 Å². The average Bonchev–Trinajstić information content (AvgIpc) is 3.52. The Morgan fingerprint density at radius 1 is 0.347 bits per heavy atom. The summed E-state index contributed by atoms with van der Waals surface area (Å²) in [6.45, 7) is 0. The Morgan fingerprint density at radius 3 is 1.49 bits per heavy atom. The Kier molecular flexibility index (Phi) is 6.15. The van der Waals surface area contributed by atoms with Gasteiger partial charge in [-0.25, -0.2) is 4.98 Å². The van der Waals surface area contributed by atoms with Gasteiger partial charge in [-0.05, 0) is 50.2 Å². The molecule has 2 aromatic heterocycles. The summed E-state index contributed by atoms with van der Waals surface area (Å²) in [4.78, 5) is 15.6. The quantitative estimate of drug-likeness (QED) is 0.183. The standard InChI is InChI=1S/C45H28N4/c1-3-13-29(14-4-1)30-23-25-32(26-24-30)44-46-43(31-15-5-2-6-16-31)47-45(48-44)49-40-28-34-18-8-7-17-33(34)27-39(40)41-37-21-11-9-19-35(37)36-20-10-12-22-38(36)42(41)49/h1-28H. The predicted octanol–water partition coefficient (Wildman–Crippen LogP) is 11.4. The average molecular weight is 625 g/mol. The molecule has 8 aromatic carbocycles. The summed E-state index contributed by atoms with van der Waals surface area (Å²) < 4.78 is 2.27. The Bertz CT molecular complexity index is 2860. The van der Waals surface area contributed by atoms with Crippen LogP contribution in [0.2, 0.25) is 0 Å². The van der Waals surface area contributed by atoms with Crippen molar-refractivity contribution in [1.82, 2.24) is 19.5 Å². The Morgan fingerprint density at radius 2 is 0.816 bits per heavy atom. The summed E-state index contributed by atoms with van der Waals surface area (Å²) >= 11 is 0. The van der Waals surface area contributed by atoms with Crippen LogP contribution in [0.1, 0.15) is 0 Å². The second kappa shape index (κ2) is 11.0. The molecule has 0 saturated heterocycles. The maximum absolute atomic E-state index is 5.28. The van der Waals surface area contributed by atoms with E-state index >= 15 is 0 Å². The minimum Gasteiger partial charge on any atom is -0.277 e. The van der Waals surface area contributed by atoms with E-state index in [-0.39, 0.29) is 0 Å². The van der Waals surface area contributed by atoms with E-state index in [0.29, 0.717) is 17.6 Å². The lowest BCUT2D eigenvalue weighted by Gasteiger charge is -2.13. The zero-order chi connectivity index (χ0) is 32.3. The van der Waals surface area contributed by atoms with E-state index in [1.165, 1.54) is 43.3 Å². The molecule has 0 spiro atoms. The van der Waals surface area contributed by atoms with Crippen molar-refractivity contribution in [2.24, 2.45) is 0 Å². The van der Waals surface area contributed by atoms with Gasteiger partial charge in [0.15, 0.2) is 11.6 Å². The molecule has 0 atom stereocenters. The molecule has 2 heterocycles. The zero-order valence-electron chi connectivity index (χ0n) is 26.5. The van der Waals surface area contributed by atoms with Gasteiger partial charge in [0.25, 0.3) is 0 Å². The van der Waals surface area contributed by atoms with Crippen LogP contribution in [-0.4, -0.2) is 19.5 Å². The van der Waals surface area contributed by atoms with E-state index in [2.05, 4.69) is 150 Å². The first-order valence-electron chi connectivity index (χ1n) is 16.5. The van der Waals surface area contributed by atoms with Crippen LogP contribution in [-0.2, 0) is 0 Å². The number of fused-ring (bicyclic) bond motifs is 9. The molecule has 0 aliphatic rings. The number of hydrogen-bond donors (Lipinski definition) is 0. The molecule has 0 unspecified atom stereocenters. The lowest BCUT2D eigenvalue weighted by molar-refractivity contribution is 0.955. The highest BCUT2D eigenvalue weighted by atomic mass is 15.2. The monoisotopic (exact) mass is 624 g/mol. The van der Waals surface area contributed by atoms with Crippen LogP contribution in [0, 0.1) is 0 Å². The zero-order valence-corrected chi connectivity index (χ0v) is 26.5. The molecular formula is C45H28N4. The number of hydrogen-bond acceptors (Lipinski definition) is 3. The van der Waals surface area contributed by atoms with E-state index in [1.807, 2.05) is 24.3 Å². The lowest BCUT2D eigenvalue weighted by Crippen LogP contribution is -2.06. The summed E-state index contributed by atoms with van der Waals surface area (Å²) in [5, 5.41) is 9.55. The number of benzene rings is 8. The van der Waals surface area contributed by atoms with Crippen LogP contribution in [0.5, 0.6) is 0 Å². The van der Waals surface area contributed by atoms with Crippen molar-refractivity contribution in [3.63, 3.8) is 0 Å². The third kappa shape index (κ3) is 4.42. The van der Waals surface area contributed by atoms with E-state index in [4.69, 9.17) is 15.0 Å². The summed E-state index contributed by atoms with van der Waals surface area (Å²) in [6, 6.07) is 59.7. The summed E-state index contributed by atoms with van der Waals surface area (Å²) in [6.07, 6.45) is 0. The van der Waals surface area contributed by atoms with Crippen LogP contribution in [0.4, 0.5) is 0 Å². The molecule has 0 N–H and O–H groups in total. The van der Waals surface area contributed by atoms with Gasteiger partial charge in [-0.3, -0.25) is 4.57 Å². The second-order valence-electron chi connectivity index (χ2n) is 12.5. The molecule has 0 fully saturated rings. The Labute approximate surface area is 282 Å². The topological polar surface area (TPSA) is 43.6 Å². The fourth-order valence-electron chi connectivity index (χ4n) is 7.32. The van der Waals surface area contributed by atoms with Crippen molar-refractivity contribution in [1.29, 1.82) is 0 Å². The minimum absolute atomic E-state index is 0.590. The van der Waals surface area contributed by atoms with Crippen LogP contribution in [0.3, 0.4) is 0 Å². The molecule has 49 heavy (non-hydrogen) atoms. The van der Waals surface area contributed by atoms with Crippen LogP contribution in [0.15, 0.2) is 170 Å². The minimum atomic E-state index is 0.590. The van der Waals surface area contributed by atoms with Gasteiger partial charge in [0, 0.05) is 27.3 Å². The van der Waals surface area contributed by atoms with Crippen LogP contribution in [0.25, 0.3) is 94.0 Å². The Hall–Kier alpha value is -6.65. The molecule has 0 aliphatic heterocycles. The first kappa shape index (κ1) is 27.5. The molecule has 0 amide bonds. The molecule has 0 radical (unpaired) electrons. The summed E-state index contributed by atoms with van der Waals surface area (Å²) in [5.74, 6) is 1.85. The SMILES string of the molecule is c1ccc(-c2ccc(-c3nc(-c4ccccc4)nc(-n4c5cc6ccccc6cc5c5c6ccccc6c6ccccc6c54)n3)cc2)cc1. The highest BCUT2D eigenvalue weighted by molar-refractivity contribution is 6.32. The van der Waals surface area contributed by atoms with Crippen LogP contribution < -0.4 is 0 Å². The molecular weight excluding hydrogens is 597 g/mol. The van der Waals surface area contributed by atoms with E-state index < -0.39 is 0 Å². The van der Waals surface area contributed by atoms with E-state index in [1.54, 1.807) is 0 Å². The van der Waals surface area contributed by atoms with Gasteiger partial charge in [-0.2, -0.15) is 9.97 Å². The maximum Gasteiger partial charge on any atom is 0.238 e. The lowest BCUT2D eigenvalue weighted by atomic mass is 9.96. The highest BCUT2D eigenvalue weighted by Crippen LogP contribution is 2.43. The van der Waals surface area contributed by atoms with Crippen molar-refractivity contribution in [2.45, 2.75) is 0 Å². The van der Waals surface area contributed by atoms with Crippen LogP contribution >= 0.6 is 0 Å². The molecule has 4 nitrogen and oxygen atoms in total. The highest BCUT2D eigenvalue weighted by Gasteiger charge is 2.22. The predicted molar refractivity (Wildman–Crippen MR) is 203 cm³/mol. The summed E-state index contributed by atoms with van der Waals surface area (Å²) in [7, 11) is 0. The molecule has 0 aliphatic carbocycles. The molecule has 10 rings (SSSR count). The number of rotatable bonds is 4. The fourth-order valence-corrected chi connectivity index (χ4v) is 7.32. The molecule has 4 heteroatoms. The first-order chi connectivity index (χ1) is 24.3. The van der Waals surface area contributed by atoms with Gasteiger partial charge < -0.3 is 0 Å².